The SMILES string of the molecule is COc1cc(C)ccc1Oc1cccc(F)c1[C@@H](C)N. The highest BCUT2D eigenvalue weighted by Crippen LogP contribution is 2.35. The maximum absolute atomic E-state index is 13.9. The summed E-state index contributed by atoms with van der Waals surface area (Å²) < 4.78 is 24.9. The summed E-state index contributed by atoms with van der Waals surface area (Å²) in [6.45, 7) is 3.68. The second kappa shape index (κ2) is 5.92. The Morgan fingerprint density at radius 3 is 2.50 bits per heavy atom. The number of hydrogen-bond acceptors (Lipinski definition) is 3. The van der Waals surface area contributed by atoms with Crippen LogP contribution in [-0.2, 0) is 0 Å². The maximum Gasteiger partial charge on any atom is 0.169 e. The second-order valence-electron chi connectivity index (χ2n) is 4.70. The summed E-state index contributed by atoms with van der Waals surface area (Å²) in [5, 5.41) is 0. The summed E-state index contributed by atoms with van der Waals surface area (Å²) in [5.74, 6) is 1.17. The van der Waals surface area contributed by atoms with E-state index in [1.165, 1.54) is 6.07 Å². The van der Waals surface area contributed by atoms with Crippen LogP contribution in [0, 0.1) is 12.7 Å². The molecule has 0 aliphatic heterocycles. The fourth-order valence-electron chi connectivity index (χ4n) is 2.03. The Bertz CT molecular complexity index is 611. The third-order valence-corrected chi connectivity index (χ3v) is 3.01. The van der Waals surface area contributed by atoms with Crippen LogP contribution in [0.15, 0.2) is 36.4 Å². The van der Waals surface area contributed by atoms with Crippen molar-refractivity contribution in [2.24, 2.45) is 5.73 Å². The average Bonchev–Trinajstić information content (AvgIpc) is 2.40. The number of hydrogen-bond donors (Lipinski definition) is 1. The molecule has 3 nitrogen and oxygen atoms in total. The van der Waals surface area contributed by atoms with Gasteiger partial charge in [0.1, 0.15) is 11.6 Å². The standard InChI is InChI=1S/C16H18FNO2/c1-10-7-8-13(15(9-10)19-3)20-14-6-4-5-12(17)16(14)11(2)18/h4-9,11H,18H2,1-3H3/t11-/m1/s1. The molecule has 1 atom stereocenters. The van der Waals surface area contributed by atoms with Crippen molar-refractivity contribution in [1.29, 1.82) is 0 Å². The zero-order valence-electron chi connectivity index (χ0n) is 11.8. The summed E-state index contributed by atoms with van der Waals surface area (Å²) in [7, 11) is 1.57. The zero-order valence-corrected chi connectivity index (χ0v) is 11.8. The molecule has 0 fully saturated rings. The molecule has 4 heteroatoms. The van der Waals surface area contributed by atoms with Gasteiger partial charge in [0.05, 0.1) is 7.11 Å². The Morgan fingerprint density at radius 2 is 1.85 bits per heavy atom. The van der Waals surface area contributed by atoms with Crippen molar-refractivity contribution in [2.45, 2.75) is 19.9 Å². The molecule has 0 aliphatic rings. The van der Waals surface area contributed by atoms with Crippen molar-refractivity contribution >= 4 is 0 Å². The number of aryl methyl sites for hydroxylation is 1. The van der Waals surface area contributed by atoms with E-state index in [4.69, 9.17) is 15.2 Å². The average molecular weight is 275 g/mol. The van der Waals surface area contributed by atoms with Crippen molar-refractivity contribution in [1.82, 2.24) is 0 Å². The number of benzene rings is 2. The van der Waals surface area contributed by atoms with Crippen LogP contribution in [-0.4, -0.2) is 7.11 Å². The van der Waals surface area contributed by atoms with Gasteiger partial charge in [-0.15, -0.1) is 0 Å². The molecule has 2 aromatic rings. The van der Waals surface area contributed by atoms with E-state index in [2.05, 4.69) is 0 Å². The first-order valence-corrected chi connectivity index (χ1v) is 6.39. The minimum absolute atomic E-state index is 0.357. The molecule has 0 radical (unpaired) electrons. The molecule has 2 aromatic carbocycles. The quantitative estimate of drug-likeness (QED) is 0.918. The molecule has 2 N–H and O–H groups in total. The molecule has 0 bridgehead atoms. The third kappa shape index (κ3) is 2.91. The summed E-state index contributed by atoms with van der Waals surface area (Å²) in [4.78, 5) is 0. The fraction of sp³-hybridized carbons (Fsp3) is 0.250. The van der Waals surface area contributed by atoms with E-state index in [0.29, 0.717) is 22.8 Å². The van der Waals surface area contributed by atoms with Gasteiger partial charge >= 0.3 is 0 Å². The van der Waals surface area contributed by atoms with Crippen LogP contribution >= 0.6 is 0 Å². The van der Waals surface area contributed by atoms with Crippen molar-refractivity contribution < 1.29 is 13.9 Å². The second-order valence-corrected chi connectivity index (χ2v) is 4.70. The molecular formula is C16H18FNO2. The zero-order chi connectivity index (χ0) is 14.7. The highest BCUT2D eigenvalue weighted by Gasteiger charge is 2.15. The van der Waals surface area contributed by atoms with Crippen LogP contribution in [0.1, 0.15) is 24.1 Å². The van der Waals surface area contributed by atoms with Crippen molar-refractivity contribution in [3.63, 3.8) is 0 Å². The minimum Gasteiger partial charge on any atom is -0.493 e. The van der Waals surface area contributed by atoms with Gasteiger partial charge in [0.15, 0.2) is 11.5 Å². The van der Waals surface area contributed by atoms with Crippen LogP contribution < -0.4 is 15.2 Å². The Morgan fingerprint density at radius 1 is 1.10 bits per heavy atom. The van der Waals surface area contributed by atoms with Gasteiger partial charge in [0.25, 0.3) is 0 Å². The third-order valence-electron chi connectivity index (χ3n) is 3.01. The van der Waals surface area contributed by atoms with Crippen LogP contribution in [0.3, 0.4) is 0 Å². The van der Waals surface area contributed by atoms with Crippen molar-refractivity contribution in [3.05, 3.63) is 53.3 Å². The topological polar surface area (TPSA) is 44.5 Å². The maximum atomic E-state index is 13.9. The Labute approximate surface area is 118 Å². The summed E-state index contributed by atoms with van der Waals surface area (Å²) in [6, 6.07) is 9.77. The Kier molecular flexibility index (Phi) is 4.25. The molecule has 0 heterocycles. The lowest BCUT2D eigenvalue weighted by atomic mass is 10.1. The van der Waals surface area contributed by atoms with E-state index >= 15 is 0 Å². The van der Waals surface area contributed by atoms with Gasteiger partial charge in [0.2, 0.25) is 0 Å². The summed E-state index contributed by atoms with van der Waals surface area (Å²) >= 11 is 0. The molecule has 0 unspecified atom stereocenters. The minimum atomic E-state index is -0.456. The number of halogens is 1. The number of ether oxygens (including phenoxy) is 2. The van der Waals surface area contributed by atoms with E-state index in [1.807, 2.05) is 19.1 Å². The molecule has 20 heavy (non-hydrogen) atoms. The lowest BCUT2D eigenvalue weighted by molar-refractivity contribution is 0.375. The predicted molar refractivity (Wildman–Crippen MR) is 76.8 cm³/mol. The molecule has 0 spiro atoms. The van der Waals surface area contributed by atoms with E-state index in [9.17, 15) is 4.39 Å². The van der Waals surface area contributed by atoms with Gasteiger partial charge < -0.3 is 15.2 Å². The lowest BCUT2D eigenvalue weighted by Crippen LogP contribution is -2.09. The normalized spacial score (nSPS) is 12.1. The van der Waals surface area contributed by atoms with E-state index in [1.54, 1.807) is 32.2 Å². The first-order valence-electron chi connectivity index (χ1n) is 6.39. The van der Waals surface area contributed by atoms with Gasteiger partial charge in [-0.3, -0.25) is 0 Å². The summed E-state index contributed by atoms with van der Waals surface area (Å²) in [5.41, 5.74) is 7.23. The molecule has 2 rings (SSSR count). The van der Waals surface area contributed by atoms with Crippen LogP contribution in [0.4, 0.5) is 4.39 Å². The summed E-state index contributed by atoms with van der Waals surface area (Å²) in [6.07, 6.45) is 0. The highest BCUT2D eigenvalue weighted by molar-refractivity contribution is 5.47. The molecule has 0 aromatic heterocycles. The van der Waals surface area contributed by atoms with Crippen LogP contribution in [0.2, 0.25) is 0 Å². The number of nitrogens with two attached hydrogens (primary N) is 1. The van der Waals surface area contributed by atoms with Crippen LogP contribution in [0.5, 0.6) is 17.2 Å². The molecule has 0 aliphatic carbocycles. The molecule has 0 saturated carbocycles. The Balaban J connectivity index is 2.43. The molecule has 106 valence electrons. The molecular weight excluding hydrogens is 257 g/mol. The van der Waals surface area contributed by atoms with E-state index in [-0.39, 0.29) is 5.82 Å². The smallest absolute Gasteiger partial charge is 0.169 e. The predicted octanol–water partition coefficient (Wildman–Crippen LogP) is 3.95. The number of rotatable bonds is 4. The van der Waals surface area contributed by atoms with Gasteiger partial charge in [-0.1, -0.05) is 12.1 Å². The lowest BCUT2D eigenvalue weighted by Gasteiger charge is -2.16. The first kappa shape index (κ1) is 14.3. The van der Waals surface area contributed by atoms with Gasteiger partial charge in [-0.25, -0.2) is 4.39 Å². The van der Waals surface area contributed by atoms with Gasteiger partial charge in [0, 0.05) is 11.6 Å². The van der Waals surface area contributed by atoms with Crippen LogP contribution in [0.25, 0.3) is 0 Å². The molecule has 0 amide bonds. The first-order chi connectivity index (χ1) is 9.52. The fourth-order valence-corrected chi connectivity index (χ4v) is 2.03. The monoisotopic (exact) mass is 275 g/mol. The highest BCUT2D eigenvalue weighted by atomic mass is 19.1. The van der Waals surface area contributed by atoms with E-state index < -0.39 is 6.04 Å². The van der Waals surface area contributed by atoms with Crippen molar-refractivity contribution in [3.8, 4) is 17.2 Å². The van der Waals surface area contributed by atoms with Gasteiger partial charge in [-0.2, -0.15) is 0 Å². The number of methoxy groups -OCH3 is 1. The van der Waals surface area contributed by atoms with Crippen molar-refractivity contribution in [2.75, 3.05) is 7.11 Å². The van der Waals surface area contributed by atoms with E-state index in [0.717, 1.165) is 5.56 Å². The van der Waals surface area contributed by atoms with Gasteiger partial charge in [-0.05, 0) is 43.7 Å². The Hall–Kier alpha value is -2.07. The largest absolute Gasteiger partial charge is 0.493 e. The molecule has 0 saturated heterocycles.